The third kappa shape index (κ3) is 4.20. The molecule has 1 fully saturated rings. The molecular weight excluding hydrogens is 268 g/mol. The predicted octanol–water partition coefficient (Wildman–Crippen LogP) is 1.71. The standard InChI is InChI=1S/C15H26N4O2/c1-11(2)9-16-10-12-6-5-7-19(12)15-17-13(20-3)8-14(18-15)21-4/h8,11-12,16H,5-7,9-10H2,1-4H3. The lowest BCUT2D eigenvalue weighted by Crippen LogP contribution is -2.39. The Labute approximate surface area is 126 Å². The summed E-state index contributed by atoms with van der Waals surface area (Å²) in [5.41, 5.74) is 0. The van der Waals surface area contributed by atoms with Gasteiger partial charge in [0.25, 0.3) is 0 Å². The summed E-state index contributed by atoms with van der Waals surface area (Å²) >= 11 is 0. The van der Waals surface area contributed by atoms with Crippen LogP contribution >= 0.6 is 0 Å². The average molecular weight is 294 g/mol. The molecule has 0 bridgehead atoms. The van der Waals surface area contributed by atoms with E-state index in [2.05, 4.69) is 34.0 Å². The van der Waals surface area contributed by atoms with Gasteiger partial charge in [-0.1, -0.05) is 13.8 Å². The number of anilines is 1. The van der Waals surface area contributed by atoms with Crippen LogP contribution in [0.2, 0.25) is 0 Å². The highest BCUT2D eigenvalue weighted by atomic mass is 16.5. The van der Waals surface area contributed by atoms with Crippen molar-refractivity contribution in [2.45, 2.75) is 32.7 Å². The van der Waals surface area contributed by atoms with Crippen molar-refractivity contribution in [2.24, 2.45) is 5.92 Å². The van der Waals surface area contributed by atoms with Crippen LogP contribution in [0.1, 0.15) is 26.7 Å². The lowest BCUT2D eigenvalue weighted by Gasteiger charge is -2.25. The summed E-state index contributed by atoms with van der Waals surface area (Å²) in [6.07, 6.45) is 2.32. The third-order valence-electron chi connectivity index (χ3n) is 3.65. The van der Waals surface area contributed by atoms with Crippen molar-refractivity contribution in [2.75, 3.05) is 38.8 Å². The topological polar surface area (TPSA) is 59.5 Å². The molecule has 2 rings (SSSR count). The van der Waals surface area contributed by atoms with E-state index in [-0.39, 0.29) is 0 Å². The highest BCUT2D eigenvalue weighted by Gasteiger charge is 2.27. The van der Waals surface area contributed by atoms with Crippen molar-refractivity contribution in [1.82, 2.24) is 15.3 Å². The van der Waals surface area contributed by atoms with Gasteiger partial charge in [-0.3, -0.25) is 0 Å². The molecule has 1 unspecified atom stereocenters. The number of aromatic nitrogens is 2. The summed E-state index contributed by atoms with van der Waals surface area (Å²) in [5.74, 6) is 2.43. The van der Waals surface area contributed by atoms with Gasteiger partial charge in [0.15, 0.2) is 0 Å². The van der Waals surface area contributed by atoms with E-state index in [0.717, 1.165) is 32.5 Å². The fraction of sp³-hybridized carbons (Fsp3) is 0.733. The van der Waals surface area contributed by atoms with Crippen molar-refractivity contribution in [3.63, 3.8) is 0 Å². The maximum Gasteiger partial charge on any atom is 0.232 e. The van der Waals surface area contributed by atoms with Gasteiger partial charge >= 0.3 is 0 Å². The lowest BCUT2D eigenvalue weighted by atomic mass is 10.2. The fourth-order valence-corrected chi connectivity index (χ4v) is 2.58. The third-order valence-corrected chi connectivity index (χ3v) is 3.65. The zero-order valence-electron chi connectivity index (χ0n) is 13.4. The molecule has 0 aromatic carbocycles. The summed E-state index contributed by atoms with van der Waals surface area (Å²) in [6, 6.07) is 2.13. The van der Waals surface area contributed by atoms with E-state index in [0.29, 0.717) is 29.7 Å². The lowest BCUT2D eigenvalue weighted by molar-refractivity contribution is 0.371. The summed E-state index contributed by atoms with van der Waals surface area (Å²) < 4.78 is 10.5. The Hall–Kier alpha value is -1.56. The molecule has 1 atom stereocenters. The van der Waals surface area contributed by atoms with E-state index in [1.54, 1.807) is 20.3 Å². The molecule has 0 saturated carbocycles. The Morgan fingerprint density at radius 2 is 1.95 bits per heavy atom. The summed E-state index contributed by atoms with van der Waals surface area (Å²) in [5, 5.41) is 3.52. The first kappa shape index (κ1) is 15.8. The summed E-state index contributed by atoms with van der Waals surface area (Å²) in [4.78, 5) is 11.2. The van der Waals surface area contributed by atoms with E-state index in [1.807, 2.05) is 0 Å². The second-order valence-electron chi connectivity index (χ2n) is 5.79. The Balaban J connectivity index is 2.08. The number of ether oxygens (including phenoxy) is 2. The fourth-order valence-electron chi connectivity index (χ4n) is 2.58. The minimum Gasteiger partial charge on any atom is -0.481 e. The molecule has 118 valence electrons. The molecule has 1 aromatic rings. The normalized spacial score (nSPS) is 18.3. The second kappa shape index (κ2) is 7.45. The minimum absolute atomic E-state index is 0.431. The van der Waals surface area contributed by atoms with Gasteiger partial charge in [-0.2, -0.15) is 9.97 Å². The minimum atomic E-state index is 0.431. The van der Waals surface area contributed by atoms with Gasteiger partial charge in [-0.25, -0.2) is 0 Å². The molecule has 0 aliphatic carbocycles. The average Bonchev–Trinajstić information content (AvgIpc) is 2.94. The number of methoxy groups -OCH3 is 2. The Morgan fingerprint density at radius 3 is 2.52 bits per heavy atom. The molecule has 0 spiro atoms. The Bertz CT molecular complexity index is 431. The van der Waals surface area contributed by atoms with Gasteiger partial charge in [-0.05, 0) is 25.3 Å². The van der Waals surface area contributed by atoms with Crippen molar-refractivity contribution >= 4 is 5.95 Å². The van der Waals surface area contributed by atoms with Crippen LogP contribution in [-0.4, -0.2) is 49.9 Å². The monoisotopic (exact) mass is 294 g/mol. The molecule has 6 nitrogen and oxygen atoms in total. The van der Waals surface area contributed by atoms with Crippen molar-refractivity contribution in [3.8, 4) is 11.8 Å². The number of hydrogen-bond donors (Lipinski definition) is 1. The molecule has 0 radical (unpaired) electrons. The van der Waals surface area contributed by atoms with Crippen LogP contribution in [0.3, 0.4) is 0 Å². The molecule has 6 heteroatoms. The molecule has 1 aromatic heterocycles. The molecule has 1 aliphatic heterocycles. The second-order valence-corrected chi connectivity index (χ2v) is 5.79. The van der Waals surface area contributed by atoms with E-state index in [1.165, 1.54) is 0 Å². The number of nitrogens with zero attached hydrogens (tertiary/aromatic N) is 3. The van der Waals surface area contributed by atoms with Crippen molar-refractivity contribution < 1.29 is 9.47 Å². The van der Waals surface area contributed by atoms with Crippen molar-refractivity contribution in [1.29, 1.82) is 0 Å². The number of hydrogen-bond acceptors (Lipinski definition) is 6. The van der Waals surface area contributed by atoms with Crippen LogP contribution in [0.15, 0.2) is 6.07 Å². The smallest absolute Gasteiger partial charge is 0.232 e. The SMILES string of the molecule is COc1cc(OC)nc(N2CCCC2CNCC(C)C)n1. The zero-order chi connectivity index (χ0) is 15.2. The maximum atomic E-state index is 5.23. The first-order chi connectivity index (χ1) is 10.1. The van der Waals surface area contributed by atoms with Crippen molar-refractivity contribution in [3.05, 3.63) is 6.07 Å². The molecule has 1 saturated heterocycles. The molecule has 21 heavy (non-hydrogen) atoms. The van der Waals surface area contributed by atoms with Crippen LogP contribution in [-0.2, 0) is 0 Å². The first-order valence-electron chi connectivity index (χ1n) is 7.58. The highest BCUT2D eigenvalue weighted by Crippen LogP contribution is 2.26. The van der Waals surface area contributed by atoms with Crippen LogP contribution < -0.4 is 19.7 Å². The van der Waals surface area contributed by atoms with E-state index < -0.39 is 0 Å². The quantitative estimate of drug-likeness (QED) is 0.826. The van der Waals surface area contributed by atoms with Crippen LogP contribution in [0, 0.1) is 5.92 Å². The highest BCUT2D eigenvalue weighted by molar-refractivity contribution is 5.39. The van der Waals surface area contributed by atoms with E-state index in [4.69, 9.17) is 9.47 Å². The molecular formula is C15H26N4O2. The Kier molecular flexibility index (Phi) is 5.61. The molecule has 1 aliphatic rings. The Morgan fingerprint density at radius 1 is 1.29 bits per heavy atom. The van der Waals surface area contributed by atoms with Crippen LogP contribution in [0.25, 0.3) is 0 Å². The maximum absolute atomic E-state index is 5.23. The van der Waals surface area contributed by atoms with Gasteiger partial charge in [0, 0.05) is 19.1 Å². The first-order valence-corrected chi connectivity index (χ1v) is 7.58. The summed E-state index contributed by atoms with van der Waals surface area (Å²) in [6.45, 7) is 7.41. The van der Waals surface area contributed by atoms with Crippen LogP contribution in [0.5, 0.6) is 11.8 Å². The molecule has 2 heterocycles. The molecule has 0 amide bonds. The van der Waals surface area contributed by atoms with Gasteiger partial charge in [-0.15, -0.1) is 0 Å². The molecule has 1 N–H and O–H groups in total. The van der Waals surface area contributed by atoms with Gasteiger partial charge in [0.2, 0.25) is 17.7 Å². The van der Waals surface area contributed by atoms with E-state index >= 15 is 0 Å². The number of nitrogens with one attached hydrogen (secondary N) is 1. The summed E-state index contributed by atoms with van der Waals surface area (Å²) in [7, 11) is 3.22. The van der Waals surface area contributed by atoms with Gasteiger partial charge < -0.3 is 19.7 Å². The van der Waals surface area contributed by atoms with Gasteiger partial charge in [0.1, 0.15) is 0 Å². The predicted molar refractivity (Wildman–Crippen MR) is 83.2 cm³/mol. The van der Waals surface area contributed by atoms with Gasteiger partial charge in [0.05, 0.1) is 20.3 Å². The van der Waals surface area contributed by atoms with Crippen LogP contribution in [0.4, 0.5) is 5.95 Å². The van der Waals surface area contributed by atoms with E-state index in [9.17, 15) is 0 Å². The largest absolute Gasteiger partial charge is 0.481 e. The number of rotatable bonds is 7. The zero-order valence-corrected chi connectivity index (χ0v) is 13.4.